The predicted octanol–water partition coefficient (Wildman–Crippen LogP) is 12.7. The molecule has 56 heavy (non-hydrogen) atoms. The molecule has 9 heteroatoms. The van der Waals surface area contributed by atoms with E-state index in [-0.39, 0.29) is 19.1 Å². The van der Waals surface area contributed by atoms with Gasteiger partial charge in [-0.3, -0.25) is 9.36 Å². The molecule has 3 unspecified atom stereocenters. The van der Waals surface area contributed by atoms with Crippen molar-refractivity contribution in [1.29, 1.82) is 0 Å². The number of nitrogens with one attached hydrogen (secondary N) is 1. The fraction of sp³-hybridized carbons (Fsp3) is 0.894. The summed E-state index contributed by atoms with van der Waals surface area (Å²) in [6.45, 7) is 4.63. The zero-order valence-electron chi connectivity index (χ0n) is 37.6. The largest absolute Gasteiger partial charge is 0.756 e. The van der Waals surface area contributed by atoms with Gasteiger partial charge in [0, 0.05) is 6.42 Å². The van der Waals surface area contributed by atoms with Crippen molar-refractivity contribution in [3.05, 3.63) is 24.3 Å². The van der Waals surface area contributed by atoms with Crippen LogP contribution in [0.4, 0.5) is 0 Å². The number of carbonyl (C=O) groups excluding carboxylic acids is 1. The number of quaternary nitrogens is 1. The number of rotatable bonds is 43. The van der Waals surface area contributed by atoms with Crippen LogP contribution in [0.25, 0.3) is 0 Å². The van der Waals surface area contributed by atoms with Crippen LogP contribution in [0.1, 0.15) is 219 Å². The molecule has 8 nitrogen and oxygen atoms in total. The highest BCUT2D eigenvalue weighted by Crippen LogP contribution is 2.38. The van der Waals surface area contributed by atoms with Crippen molar-refractivity contribution in [2.24, 2.45) is 0 Å². The number of carbonyl (C=O) groups is 1. The van der Waals surface area contributed by atoms with Crippen LogP contribution in [0.15, 0.2) is 24.3 Å². The molecule has 0 aliphatic carbocycles. The second-order valence-corrected chi connectivity index (χ2v) is 18.9. The quantitative estimate of drug-likeness (QED) is 0.0275. The first-order valence-electron chi connectivity index (χ1n) is 23.7. The molecule has 0 aromatic heterocycles. The molecule has 332 valence electrons. The highest BCUT2D eigenvalue weighted by atomic mass is 31.2. The molecule has 2 N–H and O–H groups in total. The first-order valence-corrected chi connectivity index (χ1v) is 25.2. The third-order valence-corrected chi connectivity index (χ3v) is 11.6. The first-order chi connectivity index (χ1) is 27.0. The summed E-state index contributed by atoms with van der Waals surface area (Å²) in [4.78, 5) is 25.3. The minimum Gasteiger partial charge on any atom is -0.756 e. The highest BCUT2D eigenvalue weighted by molar-refractivity contribution is 7.45. The number of aliphatic hydroxyl groups is 1. The lowest BCUT2D eigenvalue weighted by Crippen LogP contribution is -2.45. The molecular weight excluding hydrogens is 719 g/mol. The Hall–Kier alpha value is -1.02. The number of allylic oxidation sites excluding steroid dienone is 3. The molecule has 0 aromatic carbocycles. The molecule has 0 bridgehead atoms. The average Bonchev–Trinajstić information content (AvgIpc) is 3.15. The second-order valence-electron chi connectivity index (χ2n) is 17.5. The number of aliphatic hydroxyl groups excluding tert-OH is 1. The van der Waals surface area contributed by atoms with Crippen LogP contribution >= 0.6 is 7.82 Å². The zero-order chi connectivity index (χ0) is 41.4. The van der Waals surface area contributed by atoms with E-state index in [0.717, 1.165) is 38.5 Å². The molecule has 0 rings (SSSR count). The fourth-order valence-corrected chi connectivity index (χ4v) is 7.58. The van der Waals surface area contributed by atoms with E-state index in [2.05, 4.69) is 31.3 Å². The first kappa shape index (κ1) is 55.0. The van der Waals surface area contributed by atoms with Crippen molar-refractivity contribution in [1.82, 2.24) is 5.32 Å². The van der Waals surface area contributed by atoms with Crippen LogP contribution in [0.2, 0.25) is 0 Å². The highest BCUT2D eigenvalue weighted by Gasteiger charge is 2.23. The Morgan fingerprint density at radius 3 is 1.39 bits per heavy atom. The third-order valence-electron chi connectivity index (χ3n) is 10.7. The molecule has 1 amide bonds. The molecule has 0 aliphatic heterocycles. The van der Waals surface area contributed by atoms with Crippen molar-refractivity contribution in [3.8, 4) is 0 Å². The van der Waals surface area contributed by atoms with Gasteiger partial charge in [-0.2, -0.15) is 0 Å². The molecule has 0 spiro atoms. The summed E-state index contributed by atoms with van der Waals surface area (Å²) in [5.41, 5.74) is 0. The van der Waals surface area contributed by atoms with E-state index in [1.54, 1.807) is 6.08 Å². The van der Waals surface area contributed by atoms with E-state index in [4.69, 9.17) is 9.05 Å². The van der Waals surface area contributed by atoms with Crippen LogP contribution in [0, 0.1) is 0 Å². The van der Waals surface area contributed by atoms with E-state index in [1.165, 1.54) is 161 Å². The van der Waals surface area contributed by atoms with E-state index in [0.29, 0.717) is 17.4 Å². The number of hydrogen-bond acceptors (Lipinski definition) is 6. The topological polar surface area (TPSA) is 108 Å². The Bertz CT molecular complexity index is 969. The van der Waals surface area contributed by atoms with Crippen LogP contribution in [-0.2, 0) is 18.4 Å². The maximum atomic E-state index is 12.8. The summed E-state index contributed by atoms with van der Waals surface area (Å²) in [6.07, 6.45) is 46.7. The molecule has 0 saturated carbocycles. The van der Waals surface area contributed by atoms with Gasteiger partial charge in [0.15, 0.2) is 0 Å². The standard InChI is InChI=1S/C47H93N2O6P/c1-6-8-10-12-14-16-18-19-20-21-22-23-24-25-26-27-28-29-30-31-33-35-37-39-41-47(51)48-45(44-55-56(52,53)54-43-42-49(3,4)5)46(50)40-38-36-34-32-17-15-13-11-9-7-2/h25-26,38,40,45-46,50H,6-24,27-37,39,41-44H2,1-5H3,(H-,48,51,52,53)/b26-25-,40-38+. The minimum atomic E-state index is -4.58. The lowest BCUT2D eigenvalue weighted by Gasteiger charge is -2.29. The lowest BCUT2D eigenvalue weighted by atomic mass is 10.0. The van der Waals surface area contributed by atoms with Crippen molar-refractivity contribution in [2.75, 3.05) is 40.9 Å². The van der Waals surface area contributed by atoms with Gasteiger partial charge in [0.05, 0.1) is 39.9 Å². The van der Waals surface area contributed by atoms with Crippen molar-refractivity contribution >= 4 is 13.7 Å². The molecule has 0 heterocycles. The Kier molecular flexibility index (Phi) is 38.7. The smallest absolute Gasteiger partial charge is 0.268 e. The fourth-order valence-electron chi connectivity index (χ4n) is 6.85. The summed E-state index contributed by atoms with van der Waals surface area (Å²) in [6, 6.07) is -0.884. The number of nitrogens with zero attached hydrogens (tertiary/aromatic N) is 1. The van der Waals surface area contributed by atoms with Crippen LogP contribution < -0.4 is 10.2 Å². The maximum Gasteiger partial charge on any atom is 0.268 e. The van der Waals surface area contributed by atoms with Gasteiger partial charge in [0.25, 0.3) is 7.82 Å². The molecule has 0 saturated heterocycles. The summed E-state index contributed by atoms with van der Waals surface area (Å²) in [7, 11) is 1.26. The molecule has 0 aliphatic rings. The predicted molar refractivity (Wildman–Crippen MR) is 238 cm³/mol. The number of phosphoric acid groups is 1. The monoisotopic (exact) mass is 813 g/mol. The third kappa shape index (κ3) is 41.2. The normalized spacial score (nSPS) is 14.5. The van der Waals surface area contributed by atoms with Crippen molar-refractivity contribution < 1.29 is 32.9 Å². The molecule has 3 atom stereocenters. The van der Waals surface area contributed by atoms with Gasteiger partial charge in [0.2, 0.25) is 5.91 Å². The van der Waals surface area contributed by atoms with E-state index in [1.807, 2.05) is 27.2 Å². The van der Waals surface area contributed by atoms with Gasteiger partial charge in [-0.15, -0.1) is 0 Å². The lowest BCUT2D eigenvalue weighted by molar-refractivity contribution is -0.870. The Morgan fingerprint density at radius 1 is 0.607 bits per heavy atom. The molecule has 0 fully saturated rings. The number of hydrogen-bond donors (Lipinski definition) is 2. The van der Waals surface area contributed by atoms with Gasteiger partial charge >= 0.3 is 0 Å². The summed E-state index contributed by atoms with van der Waals surface area (Å²) >= 11 is 0. The second kappa shape index (κ2) is 39.4. The number of phosphoric ester groups is 1. The minimum absolute atomic E-state index is 0.000723. The zero-order valence-corrected chi connectivity index (χ0v) is 38.5. The van der Waals surface area contributed by atoms with Gasteiger partial charge in [-0.1, -0.05) is 192 Å². The van der Waals surface area contributed by atoms with Gasteiger partial charge in [-0.05, 0) is 44.9 Å². The van der Waals surface area contributed by atoms with Gasteiger partial charge < -0.3 is 28.8 Å². The maximum absolute atomic E-state index is 12.8. The average molecular weight is 813 g/mol. The van der Waals surface area contributed by atoms with E-state index >= 15 is 0 Å². The number of unbranched alkanes of at least 4 members (excludes halogenated alkanes) is 28. The van der Waals surface area contributed by atoms with Crippen LogP contribution in [0.5, 0.6) is 0 Å². The number of likely N-dealkylation sites (N-methyl/N-ethyl adjacent to an activating group) is 1. The van der Waals surface area contributed by atoms with E-state index in [9.17, 15) is 19.4 Å². The van der Waals surface area contributed by atoms with Crippen LogP contribution in [0.3, 0.4) is 0 Å². The molecular formula is C47H93N2O6P. The Balaban J connectivity index is 4.19. The van der Waals surface area contributed by atoms with Gasteiger partial charge in [-0.25, -0.2) is 0 Å². The SMILES string of the molecule is CCCCCCCCCC/C=C/C(O)C(COP(=O)([O-])OCC[N+](C)(C)C)NC(=O)CCCCCCCCCC/C=C\CCCCCCCCCCCCCC. The Morgan fingerprint density at radius 2 is 0.982 bits per heavy atom. The van der Waals surface area contributed by atoms with Crippen molar-refractivity contribution in [2.45, 2.75) is 231 Å². The van der Waals surface area contributed by atoms with Crippen LogP contribution in [-0.4, -0.2) is 68.5 Å². The molecule has 0 aromatic rings. The number of amides is 1. The summed E-state index contributed by atoms with van der Waals surface area (Å²) in [5.74, 6) is -0.201. The Labute approximate surface area is 347 Å². The van der Waals surface area contributed by atoms with Gasteiger partial charge in [0.1, 0.15) is 13.2 Å². The molecule has 0 radical (unpaired) electrons. The van der Waals surface area contributed by atoms with Crippen molar-refractivity contribution in [3.63, 3.8) is 0 Å². The summed E-state index contributed by atoms with van der Waals surface area (Å²) < 4.78 is 23.2. The summed E-state index contributed by atoms with van der Waals surface area (Å²) in [5, 5.41) is 13.7. The van der Waals surface area contributed by atoms with E-state index < -0.39 is 20.0 Å².